The molecule has 0 bridgehead atoms. The van der Waals surface area contributed by atoms with Crippen molar-refractivity contribution in [2.45, 2.75) is 124 Å². The lowest BCUT2D eigenvalue weighted by Crippen LogP contribution is -2.27. The molecular formula is C62H80N22O6S3. The first-order valence-electron chi connectivity index (χ1n) is 31.1. The molecule has 0 amide bonds. The summed E-state index contributed by atoms with van der Waals surface area (Å²) in [7, 11) is -6.26. The number of hydrogen-bond acceptors (Lipinski definition) is 18. The van der Waals surface area contributed by atoms with E-state index in [4.69, 9.17) is 15.0 Å². The Balaban J connectivity index is 0.000000153. The van der Waals surface area contributed by atoms with E-state index < -0.39 is 29.7 Å². The van der Waals surface area contributed by atoms with Crippen LogP contribution in [0, 0.1) is 0 Å². The molecule has 492 valence electrons. The fourth-order valence-electron chi connectivity index (χ4n) is 10.8. The molecule has 28 nitrogen and oxygen atoms in total. The van der Waals surface area contributed by atoms with E-state index in [0.29, 0.717) is 49.0 Å². The standard InChI is InChI=1S/C21H28N8O2S.C21H27N7O2S.C20H25N7O2S/c1-5-18(6-2)28-14-17(12-24-28)21-20-7-8-22-29(20)15-19(25-21)16-11-23-27(13-16)9-10-32(30,31)26(3)4;1-4-18(5-2)27-14-17(12-24-27)21-20-7-8-22-28(20)15-19(25-21)16-11-23-26(13-16)9-6-10-31(3,29)30;1-4-17(5-2)26-13-16(11-23-26)20-19-6-7-21-27(19)14-18(24-20)15-10-22-25(12-15)8-9-30(3,28)29/h7-8,11-15,18H,5-6,9-10H2,1-4H3;7-8,11-15,18H,4-6,9-10H2,1-3H3;6-7,10-14,17H,4-5,8-9H2,1-3H3. The highest BCUT2D eigenvalue weighted by molar-refractivity contribution is 7.91. The minimum absolute atomic E-state index is 0.0206. The van der Waals surface area contributed by atoms with E-state index in [1.807, 2.05) is 98.7 Å². The number of hydrogen-bond donors (Lipinski definition) is 0. The smallest absolute Gasteiger partial charge is 0.215 e. The minimum Gasteiger partial charge on any atom is -0.272 e. The number of fused-ring (bicyclic) bond motifs is 3. The van der Waals surface area contributed by atoms with Gasteiger partial charge in [-0.15, -0.1) is 0 Å². The van der Waals surface area contributed by atoms with Gasteiger partial charge in [-0.05, 0) is 63.1 Å². The molecule has 12 aromatic rings. The Kier molecular flexibility index (Phi) is 20.7. The zero-order valence-corrected chi connectivity index (χ0v) is 56.5. The molecule has 0 saturated carbocycles. The zero-order chi connectivity index (χ0) is 66.2. The van der Waals surface area contributed by atoms with E-state index in [9.17, 15) is 25.3 Å². The second-order valence-corrected chi connectivity index (χ2v) is 30.0. The van der Waals surface area contributed by atoms with Gasteiger partial charge in [0.1, 0.15) is 19.7 Å². The van der Waals surface area contributed by atoms with Crippen molar-refractivity contribution >= 4 is 46.2 Å². The topological polar surface area (TPSA) is 303 Å². The Morgan fingerprint density at radius 3 is 1.00 bits per heavy atom. The van der Waals surface area contributed by atoms with Crippen LogP contribution in [0.25, 0.3) is 84.1 Å². The van der Waals surface area contributed by atoms with Gasteiger partial charge in [0.15, 0.2) is 0 Å². The normalized spacial score (nSPS) is 12.3. The first-order chi connectivity index (χ1) is 44.6. The Hall–Kier alpha value is -9.07. The summed E-state index contributed by atoms with van der Waals surface area (Å²) in [6, 6.07) is 6.87. The summed E-state index contributed by atoms with van der Waals surface area (Å²) in [4.78, 5) is 14.7. The fourth-order valence-corrected chi connectivity index (χ4v) is 12.8. The van der Waals surface area contributed by atoms with Crippen LogP contribution in [-0.2, 0) is 49.3 Å². The second kappa shape index (κ2) is 28.8. The van der Waals surface area contributed by atoms with E-state index in [0.717, 1.165) is 111 Å². The molecule has 0 spiro atoms. The predicted molar refractivity (Wildman–Crippen MR) is 357 cm³/mol. The summed E-state index contributed by atoms with van der Waals surface area (Å²) in [5.41, 5.74) is 12.5. The maximum absolute atomic E-state index is 12.0. The van der Waals surface area contributed by atoms with Crippen molar-refractivity contribution in [3.05, 3.63) is 130 Å². The third-order valence-electron chi connectivity index (χ3n) is 16.3. The highest BCUT2D eigenvalue weighted by atomic mass is 32.2. The average molecular weight is 1330 g/mol. The molecule has 0 fully saturated rings. The van der Waals surface area contributed by atoms with Gasteiger partial charge >= 0.3 is 0 Å². The summed E-state index contributed by atoms with van der Waals surface area (Å²) in [6.07, 6.45) is 42.2. The SMILES string of the molecule is CCC(CC)n1cc(-c2nc(-c3cnn(CCCS(C)(=O)=O)c3)cn3nccc23)cn1.CCC(CC)n1cc(-c2nc(-c3cnn(CCS(=O)(=O)N(C)C)c3)cn3nccc23)cn1.CCC(CC)n1cc(-c2nc(-c3cnn(CCS(C)(=O)=O)c3)cn3nccc23)cn1. The van der Waals surface area contributed by atoms with Crippen molar-refractivity contribution in [1.29, 1.82) is 0 Å². The van der Waals surface area contributed by atoms with Crippen LogP contribution in [0.2, 0.25) is 0 Å². The number of rotatable bonds is 26. The van der Waals surface area contributed by atoms with Crippen LogP contribution in [-0.4, -0.2) is 176 Å². The van der Waals surface area contributed by atoms with Crippen LogP contribution in [0.15, 0.2) is 130 Å². The number of aromatic nitrogens is 21. The van der Waals surface area contributed by atoms with Gasteiger partial charge in [0, 0.05) is 104 Å². The van der Waals surface area contributed by atoms with Crippen LogP contribution in [0.3, 0.4) is 0 Å². The minimum atomic E-state index is -3.29. The van der Waals surface area contributed by atoms with E-state index in [-0.39, 0.29) is 23.8 Å². The Bertz CT molecular complexity index is 4820. The second-order valence-electron chi connectivity index (χ2n) is 23.1. The van der Waals surface area contributed by atoms with Crippen molar-refractivity contribution < 1.29 is 25.3 Å². The van der Waals surface area contributed by atoms with Crippen LogP contribution in [0.1, 0.15) is 105 Å². The number of aryl methyl sites for hydroxylation is 3. The average Bonchev–Trinajstić information content (AvgIpc) is 1.68. The first-order valence-corrected chi connectivity index (χ1v) is 36.8. The van der Waals surface area contributed by atoms with Crippen molar-refractivity contribution in [3.63, 3.8) is 0 Å². The highest BCUT2D eigenvalue weighted by Gasteiger charge is 2.21. The maximum atomic E-state index is 12.0. The lowest BCUT2D eigenvalue weighted by molar-refractivity contribution is 0.428. The van der Waals surface area contributed by atoms with Crippen LogP contribution in [0.5, 0.6) is 0 Å². The Labute approximate surface area is 540 Å². The molecule has 12 rings (SSSR count). The van der Waals surface area contributed by atoms with Crippen molar-refractivity contribution in [1.82, 2.24) is 107 Å². The third-order valence-corrected chi connectivity index (χ3v) is 20.0. The molecule has 0 unspecified atom stereocenters. The molecule has 0 aromatic carbocycles. The number of nitrogens with zero attached hydrogens (tertiary/aromatic N) is 22. The third kappa shape index (κ3) is 16.1. The van der Waals surface area contributed by atoms with Crippen LogP contribution < -0.4 is 0 Å². The largest absolute Gasteiger partial charge is 0.272 e. The molecule has 93 heavy (non-hydrogen) atoms. The summed E-state index contributed by atoms with van der Waals surface area (Å²) in [6.45, 7) is 14.1. The lowest BCUT2D eigenvalue weighted by Gasteiger charge is -2.12. The number of sulfone groups is 2. The van der Waals surface area contributed by atoms with Gasteiger partial charge in [0.05, 0.1) is 174 Å². The van der Waals surface area contributed by atoms with E-state index in [1.165, 1.54) is 30.9 Å². The molecule has 0 aliphatic carbocycles. The first kappa shape index (κ1) is 66.8. The quantitative estimate of drug-likeness (QED) is 0.0489. The molecule has 0 saturated heterocycles. The van der Waals surface area contributed by atoms with Gasteiger partial charge in [0.25, 0.3) is 0 Å². The zero-order valence-electron chi connectivity index (χ0n) is 54.1. The van der Waals surface area contributed by atoms with Gasteiger partial charge in [-0.3, -0.25) is 28.1 Å². The summed E-state index contributed by atoms with van der Waals surface area (Å²) in [5.74, 6) is 0.164. The van der Waals surface area contributed by atoms with Gasteiger partial charge in [-0.25, -0.2) is 58.1 Å². The van der Waals surface area contributed by atoms with Crippen molar-refractivity contribution in [2.24, 2.45) is 0 Å². The Morgan fingerprint density at radius 2 is 0.688 bits per heavy atom. The van der Waals surface area contributed by atoms with Crippen molar-refractivity contribution in [2.75, 3.05) is 43.9 Å². The summed E-state index contributed by atoms with van der Waals surface area (Å²) < 4.78 is 87.2. The molecule has 0 N–H and O–H groups in total. The molecule has 0 radical (unpaired) electrons. The number of sulfonamides is 1. The van der Waals surface area contributed by atoms with E-state index in [1.54, 1.807) is 72.7 Å². The molecule has 0 atom stereocenters. The molecule has 12 heterocycles. The highest BCUT2D eigenvalue weighted by Crippen LogP contribution is 2.32. The monoisotopic (exact) mass is 1320 g/mol. The van der Waals surface area contributed by atoms with Gasteiger partial charge in [-0.1, -0.05) is 41.5 Å². The summed E-state index contributed by atoms with van der Waals surface area (Å²) >= 11 is 0. The molecule has 0 aliphatic rings. The van der Waals surface area contributed by atoms with E-state index >= 15 is 0 Å². The van der Waals surface area contributed by atoms with Crippen molar-refractivity contribution in [3.8, 4) is 67.5 Å². The van der Waals surface area contributed by atoms with Crippen LogP contribution in [0.4, 0.5) is 0 Å². The maximum Gasteiger partial charge on any atom is 0.215 e. The lowest BCUT2D eigenvalue weighted by atomic mass is 10.1. The van der Waals surface area contributed by atoms with Gasteiger partial charge < -0.3 is 0 Å². The van der Waals surface area contributed by atoms with E-state index in [2.05, 4.69) is 87.4 Å². The summed E-state index contributed by atoms with van der Waals surface area (Å²) in [5, 5.41) is 39.8. The molecule has 0 aliphatic heterocycles. The molecule has 12 aromatic heterocycles. The van der Waals surface area contributed by atoms with Crippen LogP contribution >= 0.6 is 0 Å². The molecular weight excluding hydrogens is 1250 g/mol. The fraction of sp³-hybridized carbons (Fsp3) is 0.419. The van der Waals surface area contributed by atoms with Gasteiger partial charge in [-0.2, -0.15) is 45.9 Å². The van der Waals surface area contributed by atoms with Gasteiger partial charge in [0.2, 0.25) is 10.0 Å². The predicted octanol–water partition coefficient (Wildman–Crippen LogP) is 8.82. The Morgan fingerprint density at radius 1 is 0.376 bits per heavy atom. The molecule has 31 heteroatoms.